The monoisotopic (exact) mass is 576 g/mol. The highest BCUT2D eigenvalue weighted by atomic mass is 35.5. The minimum atomic E-state index is -0.338. The average molecular weight is 578 g/mol. The molecule has 1 amide bonds. The second-order valence-electron chi connectivity index (χ2n) is 8.19. The van der Waals surface area contributed by atoms with Crippen molar-refractivity contribution in [2.24, 2.45) is 5.10 Å². The molecule has 0 aliphatic heterocycles. The fourth-order valence-electron chi connectivity index (χ4n) is 4.09. The normalized spacial score (nSPS) is 13.3. The van der Waals surface area contributed by atoms with Gasteiger partial charge in [-0.2, -0.15) is 5.10 Å². The van der Waals surface area contributed by atoms with Gasteiger partial charge in [0.1, 0.15) is 4.83 Å². The largest absolute Gasteiger partial charge is 0.272 e. The van der Waals surface area contributed by atoms with E-state index in [2.05, 4.69) is 10.5 Å². The van der Waals surface area contributed by atoms with Crippen molar-refractivity contribution in [3.63, 3.8) is 0 Å². The maximum Gasteiger partial charge on any atom is 0.267 e. The van der Waals surface area contributed by atoms with E-state index < -0.39 is 0 Å². The molecule has 5 rings (SSSR count). The van der Waals surface area contributed by atoms with Gasteiger partial charge in [-0.25, -0.2) is 10.4 Å². The molecule has 11 heteroatoms. The Morgan fingerprint density at radius 2 is 1.89 bits per heavy atom. The molecule has 0 atom stereocenters. The maximum atomic E-state index is 13.7. The van der Waals surface area contributed by atoms with Crippen molar-refractivity contribution < 1.29 is 4.79 Å². The molecule has 0 spiro atoms. The zero-order valence-electron chi connectivity index (χ0n) is 19.0. The highest BCUT2D eigenvalue weighted by Crippen LogP contribution is 2.36. The lowest BCUT2D eigenvalue weighted by Gasteiger charge is -2.12. The number of hydrogen-bond acceptors (Lipinski definition) is 6. The number of hydrazone groups is 1. The van der Waals surface area contributed by atoms with Gasteiger partial charge in [-0.05, 0) is 68.1 Å². The zero-order chi connectivity index (χ0) is 25.4. The summed E-state index contributed by atoms with van der Waals surface area (Å²) >= 11 is 21.0. The van der Waals surface area contributed by atoms with E-state index in [0.29, 0.717) is 47.4 Å². The van der Waals surface area contributed by atoms with Gasteiger partial charge < -0.3 is 0 Å². The third-order valence-electron chi connectivity index (χ3n) is 5.79. The second-order valence-corrected chi connectivity index (χ2v) is 11.5. The molecule has 1 N–H and O–H groups in total. The summed E-state index contributed by atoms with van der Waals surface area (Å²) in [6.45, 7) is 1.74. The van der Waals surface area contributed by atoms with E-state index in [1.165, 1.54) is 16.6 Å². The molecule has 0 unspecified atom stereocenters. The molecule has 2 aromatic heterocycles. The van der Waals surface area contributed by atoms with Gasteiger partial charge in [0.05, 0.1) is 27.6 Å². The predicted molar refractivity (Wildman–Crippen MR) is 150 cm³/mol. The van der Waals surface area contributed by atoms with Crippen LogP contribution in [0.25, 0.3) is 15.9 Å². The highest BCUT2D eigenvalue weighted by molar-refractivity contribution is 7.99. The van der Waals surface area contributed by atoms with Crippen molar-refractivity contribution >= 4 is 79.7 Å². The number of halogens is 3. The van der Waals surface area contributed by atoms with Crippen molar-refractivity contribution in [3.8, 4) is 5.69 Å². The van der Waals surface area contributed by atoms with Crippen LogP contribution in [0.2, 0.25) is 15.1 Å². The highest BCUT2D eigenvalue weighted by Gasteiger charge is 2.24. The van der Waals surface area contributed by atoms with Gasteiger partial charge in [0.25, 0.3) is 11.5 Å². The van der Waals surface area contributed by atoms with Crippen molar-refractivity contribution in [2.45, 2.75) is 31.3 Å². The number of amides is 1. The number of nitrogens with one attached hydrogen (secondary N) is 1. The molecular formula is C25H19Cl3N4O2S2. The molecule has 0 radical (unpaired) electrons. The minimum Gasteiger partial charge on any atom is -0.272 e. The Balaban J connectivity index is 1.42. The first kappa shape index (κ1) is 25.3. The van der Waals surface area contributed by atoms with Crippen LogP contribution >= 0.6 is 57.9 Å². The number of nitrogens with zero attached hydrogens (tertiary/aromatic N) is 3. The van der Waals surface area contributed by atoms with Gasteiger partial charge in [0, 0.05) is 20.5 Å². The SMILES string of the molecule is CC(=NNC(=O)CSc1nc2sc3c(c2c(=O)n1-c1ccc(Cl)cc1)CCC3)c1ccc(Cl)cc1Cl. The molecule has 1 aliphatic carbocycles. The number of carbonyl (C=O) groups is 1. The summed E-state index contributed by atoms with van der Waals surface area (Å²) in [7, 11) is 0. The van der Waals surface area contributed by atoms with E-state index in [0.717, 1.165) is 24.8 Å². The topological polar surface area (TPSA) is 76.3 Å². The van der Waals surface area contributed by atoms with Crippen molar-refractivity contribution in [1.82, 2.24) is 15.0 Å². The van der Waals surface area contributed by atoms with Crippen LogP contribution in [0.3, 0.4) is 0 Å². The fourth-order valence-corrected chi connectivity index (χ4v) is 6.87. The van der Waals surface area contributed by atoms with E-state index in [9.17, 15) is 9.59 Å². The van der Waals surface area contributed by atoms with Gasteiger partial charge in [-0.1, -0.05) is 52.6 Å². The minimum absolute atomic E-state index is 0.0156. The van der Waals surface area contributed by atoms with Gasteiger partial charge >= 0.3 is 0 Å². The Labute approximate surface area is 230 Å². The summed E-state index contributed by atoms with van der Waals surface area (Å²) in [5, 5.41) is 6.81. The maximum absolute atomic E-state index is 13.7. The van der Waals surface area contributed by atoms with E-state index in [1.807, 2.05) is 0 Å². The summed E-state index contributed by atoms with van der Waals surface area (Å²) in [4.78, 5) is 33.0. The average Bonchev–Trinajstić information content (AvgIpc) is 3.43. The van der Waals surface area contributed by atoms with Crippen molar-refractivity contribution in [1.29, 1.82) is 0 Å². The second kappa shape index (κ2) is 10.6. The number of fused-ring (bicyclic) bond motifs is 3. The van der Waals surface area contributed by atoms with E-state index in [4.69, 9.17) is 39.8 Å². The van der Waals surface area contributed by atoms with Crippen LogP contribution in [-0.2, 0) is 17.6 Å². The zero-order valence-corrected chi connectivity index (χ0v) is 22.9. The molecule has 6 nitrogen and oxygen atoms in total. The van der Waals surface area contributed by atoms with Crippen LogP contribution < -0.4 is 11.0 Å². The lowest BCUT2D eigenvalue weighted by molar-refractivity contribution is -0.118. The molecule has 2 aromatic carbocycles. The van der Waals surface area contributed by atoms with Gasteiger partial charge in [0.2, 0.25) is 0 Å². The van der Waals surface area contributed by atoms with E-state index in [-0.39, 0.29) is 17.2 Å². The van der Waals surface area contributed by atoms with Crippen LogP contribution in [-0.4, -0.2) is 26.9 Å². The molecular weight excluding hydrogens is 559 g/mol. The molecule has 0 saturated carbocycles. The molecule has 36 heavy (non-hydrogen) atoms. The van der Waals surface area contributed by atoms with Crippen LogP contribution in [0, 0.1) is 0 Å². The molecule has 0 bridgehead atoms. The summed E-state index contributed by atoms with van der Waals surface area (Å²) in [6, 6.07) is 12.1. The number of thiophene rings is 1. The van der Waals surface area contributed by atoms with Gasteiger partial charge in [-0.3, -0.25) is 14.2 Å². The Morgan fingerprint density at radius 3 is 2.64 bits per heavy atom. The van der Waals surface area contributed by atoms with Crippen molar-refractivity contribution in [3.05, 3.63) is 83.9 Å². The van der Waals surface area contributed by atoms with Crippen molar-refractivity contribution in [2.75, 3.05) is 5.75 Å². The van der Waals surface area contributed by atoms with E-state index >= 15 is 0 Å². The fraction of sp³-hybridized carbons (Fsp3) is 0.200. The van der Waals surface area contributed by atoms with E-state index in [1.54, 1.807) is 65.3 Å². The standard InChI is InChI=1S/C25H19Cl3N4O2S2/c1-13(17-10-7-15(27)11-19(17)28)30-31-21(33)12-35-25-29-23-22(18-3-2-4-20(18)36-23)24(34)32(25)16-8-5-14(26)6-9-16/h5-11H,2-4,12H2,1H3,(H,31,33). The first-order chi connectivity index (χ1) is 17.3. The molecule has 184 valence electrons. The van der Waals surface area contributed by atoms with Gasteiger partial charge in [-0.15, -0.1) is 11.3 Å². The summed E-state index contributed by atoms with van der Waals surface area (Å²) < 4.78 is 1.56. The lowest BCUT2D eigenvalue weighted by Crippen LogP contribution is -2.24. The Kier molecular flexibility index (Phi) is 7.42. The number of aryl methyl sites for hydroxylation is 2. The first-order valence-electron chi connectivity index (χ1n) is 11.1. The third kappa shape index (κ3) is 5.06. The van der Waals surface area contributed by atoms with Crippen LogP contribution in [0.1, 0.15) is 29.3 Å². The number of hydrogen-bond donors (Lipinski definition) is 1. The van der Waals surface area contributed by atoms with Crippen LogP contribution in [0.4, 0.5) is 0 Å². The summed E-state index contributed by atoms with van der Waals surface area (Å²) in [6.07, 6.45) is 2.91. The third-order valence-corrected chi connectivity index (χ3v) is 8.72. The predicted octanol–water partition coefficient (Wildman–Crippen LogP) is 6.53. The van der Waals surface area contributed by atoms with Crippen LogP contribution in [0.15, 0.2) is 57.5 Å². The van der Waals surface area contributed by atoms with Crippen LogP contribution in [0.5, 0.6) is 0 Å². The number of benzene rings is 2. The Bertz CT molecular complexity index is 1580. The molecule has 2 heterocycles. The summed E-state index contributed by atoms with van der Waals surface area (Å²) in [5.74, 6) is -0.322. The lowest BCUT2D eigenvalue weighted by atomic mass is 10.1. The quantitative estimate of drug-likeness (QED) is 0.122. The van der Waals surface area contributed by atoms with Gasteiger partial charge in [0.15, 0.2) is 5.16 Å². The number of rotatable bonds is 6. The smallest absolute Gasteiger partial charge is 0.267 e. The molecule has 1 aliphatic rings. The summed E-state index contributed by atoms with van der Waals surface area (Å²) in [5.41, 5.74) is 5.38. The molecule has 4 aromatic rings. The Hall–Kier alpha value is -2.36. The Morgan fingerprint density at radius 1 is 1.14 bits per heavy atom. The molecule has 0 fully saturated rings. The number of thioether (sulfide) groups is 1. The number of aromatic nitrogens is 2. The molecule has 0 saturated heterocycles. The number of carbonyl (C=O) groups excluding carboxylic acids is 1. The first-order valence-corrected chi connectivity index (χ1v) is 14.0.